The van der Waals surface area contributed by atoms with Gasteiger partial charge in [0.05, 0.1) is 41.6 Å². The standard InChI is InChI=1S/C21H19ClFN3O4/c1-11(13-8-12-9-14(22)18(29-2)10-16(12)25-20(13)27)24-15-4-3-5-17(19(15)23)26-6-7-30-21(26)28/h3-5,8-11,24H,6-7H2,1-2H3,(H,25,27). The van der Waals surface area contributed by atoms with Crippen LogP contribution >= 0.6 is 11.6 Å². The molecule has 2 aromatic carbocycles. The quantitative estimate of drug-likeness (QED) is 0.623. The van der Waals surface area contributed by atoms with E-state index in [1.807, 2.05) is 0 Å². The van der Waals surface area contributed by atoms with E-state index in [9.17, 15) is 9.59 Å². The Kier molecular flexibility index (Phi) is 5.26. The van der Waals surface area contributed by atoms with Gasteiger partial charge in [0.25, 0.3) is 5.56 Å². The van der Waals surface area contributed by atoms with Crippen molar-refractivity contribution in [3.63, 3.8) is 0 Å². The number of ether oxygens (including phenoxy) is 2. The first kappa shape index (κ1) is 20.0. The molecule has 0 aliphatic carbocycles. The molecule has 0 spiro atoms. The zero-order valence-electron chi connectivity index (χ0n) is 16.3. The molecule has 4 rings (SSSR count). The van der Waals surface area contributed by atoms with Crippen LogP contribution in [-0.2, 0) is 4.74 Å². The molecule has 0 radical (unpaired) electrons. The monoisotopic (exact) mass is 431 g/mol. The SMILES string of the molecule is COc1cc2[nH]c(=O)c(C(C)Nc3cccc(N4CCOC4=O)c3F)cc2cc1Cl. The number of methoxy groups -OCH3 is 1. The molecule has 1 unspecified atom stereocenters. The average molecular weight is 432 g/mol. The molecule has 1 aromatic heterocycles. The van der Waals surface area contributed by atoms with E-state index < -0.39 is 18.0 Å². The van der Waals surface area contributed by atoms with Gasteiger partial charge in [0, 0.05) is 17.0 Å². The summed E-state index contributed by atoms with van der Waals surface area (Å²) in [5.41, 5.74) is 0.978. The summed E-state index contributed by atoms with van der Waals surface area (Å²) >= 11 is 6.19. The number of rotatable bonds is 5. The van der Waals surface area contributed by atoms with Crippen molar-refractivity contribution in [2.45, 2.75) is 13.0 Å². The molecular formula is C21H19ClFN3O4. The minimum atomic E-state index is -0.590. The summed E-state index contributed by atoms with van der Waals surface area (Å²) < 4.78 is 25.1. The molecule has 0 bridgehead atoms. The Hall–Kier alpha value is -3.26. The van der Waals surface area contributed by atoms with Crippen molar-refractivity contribution < 1.29 is 18.7 Å². The molecule has 3 aromatic rings. The minimum absolute atomic E-state index is 0.126. The first-order valence-corrected chi connectivity index (χ1v) is 9.66. The van der Waals surface area contributed by atoms with Crippen LogP contribution in [0.2, 0.25) is 5.02 Å². The molecule has 1 saturated heterocycles. The molecule has 1 atom stereocenters. The van der Waals surface area contributed by atoms with Gasteiger partial charge in [-0.05, 0) is 31.2 Å². The number of carbonyl (C=O) groups excluding carboxylic acids is 1. The van der Waals surface area contributed by atoms with E-state index in [1.54, 1.807) is 37.3 Å². The number of anilines is 2. The number of pyridine rings is 1. The van der Waals surface area contributed by atoms with Crippen LogP contribution in [0.1, 0.15) is 18.5 Å². The van der Waals surface area contributed by atoms with E-state index in [-0.39, 0.29) is 30.1 Å². The number of aromatic amines is 1. The van der Waals surface area contributed by atoms with Gasteiger partial charge in [0.15, 0.2) is 5.82 Å². The van der Waals surface area contributed by atoms with Crippen molar-refractivity contribution >= 4 is 40.0 Å². The molecule has 2 heterocycles. The number of cyclic esters (lactones) is 1. The first-order chi connectivity index (χ1) is 14.4. The number of halogens is 2. The third-order valence-electron chi connectivity index (χ3n) is 5.01. The summed E-state index contributed by atoms with van der Waals surface area (Å²) in [4.78, 5) is 28.4. The highest BCUT2D eigenvalue weighted by molar-refractivity contribution is 6.32. The zero-order valence-corrected chi connectivity index (χ0v) is 17.0. The fourth-order valence-electron chi connectivity index (χ4n) is 3.47. The van der Waals surface area contributed by atoms with Gasteiger partial charge in [-0.1, -0.05) is 17.7 Å². The van der Waals surface area contributed by atoms with Gasteiger partial charge in [0.1, 0.15) is 12.4 Å². The maximum Gasteiger partial charge on any atom is 0.414 e. The Morgan fingerprint density at radius 1 is 1.30 bits per heavy atom. The van der Waals surface area contributed by atoms with Crippen LogP contribution < -0.4 is 20.5 Å². The molecule has 1 amide bonds. The van der Waals surface area contributed by atoms with Gasteiger partial charge in [-0.15, -0.1) is 0 Å². The third kappa shape index (κ3) is 3.54. The maximum atomic E-state index is 15.0. The topological polar surface area (TPSA) is 83.7 Å². The van der Waals surface area contributed by atoms with Crippen LogP contribution in [0.5, 0.6) is 5.75 Å². The maximum absolute atomic E-state index is 15.0. The number of carbonyl (C=O) groups is 1. The highest BCUT2D eigenvalue weighted by Crippen LogP contribution is 2.32. The fraction of sp³-hybridized carbons (Fsp3) is 0.238. The van der Waals surface area contributed by atoms with E-state index in [2.05, 4.69) is 10.3 Å². The normalized spacial score (nSPS) is 14.7. The molecule has 1 aliphatic rings. The predicted octanol–water partition coefficient (Wildman–Crippen LogP) is 4.46. The molecular weight excluding hydrogens is 413 g/mol. The number of nitrogens with one attached hydrogen (secondary N) is 2. The Morgan fingerprint density at radius 3 is 2.80 bits per heavy atom. The van der Waals surface area contributed by atoms with Crippen molar-refractivity contribution in [3.05, 3.63) is 63.2 Å². The van der Waals surface area contributed by atoms with Gasteiger partial charge in [-0.25, -0.2) is 9.18 Å². The summed E-state index contributed by atoms with van der Waals surface area (Å²) in [7, 11) is 1.50. The second-order valence-electron chi connectivity index (χ2n) is 6.90. The minimum Gasteiger partial charge on any atom is -0.495 e. The molecule has 0 saturated carbocycles. The Balaban J connectivity index is 1.66. The lowest BCUT2D eigenvalue weighted by Gasteiger charge is -2.19. The van der Waals surface area contributed by atoms with Crippen molar-refractivity contribution in [1.82, 2.24) is 4.98 Å². The van der Waals surface area contributed by atoms with Crippen molar-refractivity contribution in [3.8, 4) is 5.75 Å². The summed E-state index contributed by atoms with van der Waals surface area (Å²) in [6, 6.07) is 9.23. The lowest BCUT2D eigenvalue weighted by Crippen LogP contribution is -2.25. The highest BCUT2D eigenvalue weighted by Gasteiger charge is 2.27. The number of aromatic nitrogens is 1. The van der Waals surface area contributed by atoms with E-state index >= 15 is 4.39 Å². The third-order valence-corrected chi connectivity index (χ3v) is 5.31. The van der Waals surface area contributed by atoms with Crippen molar-refractivity contribution in [1.29, 1.82) is 0 Å². The summed E-state index contributed by atoms with van der Waals surface area (Å²) in [5, 5.41) is 4.15. The van der Waals surface area contributed by atoms with Gasteiger partial charge < -0.3 is 19.8 Å². The van der Waals surface area contributed by atoms with Crippen LogP contribution in [-0.4, -0.2) is 31.3 Å². The van der Waals surface area contributed by atoms with E-state index in [4.69, 9.17) is 21.1 Å². The largest absolute Gasteiger partial charge is 0.495 e. The molecule has 1 aliphatic heterocycles. The number of H-pyrrole nitrogens is 1. The molecule has 156 valence electrons. The Bertz CT molecular complexity index is 1200. The molecule has 2 N–H and O–H groups in total. The second-order valence-corrected chi connectivity index (χ2v) is 7.31. The van der Waals surface area contributed by atoms with Gasteiger partial charge in [-0.2, -0.15) is 0 Å². The van der Waals surface area contributed by atoms with Gasteiger partial charge in [-0.3, -0.25) is 9.69 Å². The average Bonchev–Trinajstić information content (AvgIpc) is 3.14. The predicted molar refractivity (Wildman–Crippen MR) is 113 cm³/mol. The Labute approximate surface area is 176 Å². The van der Waals surface area contributed by atoms with Crippen LogP contribution in [0.15, 0.2) is 41.2 Å². The lowest BCUT2D eigenvalue weighted by molar-refractivity contribution is 0.181. The molecule has 7 nitrogen and oxygen atoms in total. The number of fused-ring (bicyclic) bond motifs is 1. The summed E-state index contributed by atoms with van der Waals surface area (Å²) in [5.74, 6) is -0.133. The first-order valence-electron chi connectivity index (χ1n) is 9.29. The van der Waals surface area contributed by atoms with Gasteiger partial charge >= 0.3 is 6.09 Å². The van der Waals surface area contributed by atoms with E-state index in [1.165, 1.54) is 18.1 Å². The second kappa shape index (κ2) is 7.87. The Morgan fingerprint density at radius 2 is 2.10 bits per heavy atom. The smallest absolute Gasteiger partial charge is 0.414 e. The van der Waals surface area contributed by atoms with Crippen LogP contribution in [0.25, 0.3) is 10.9 Å². The van der Waals surface area contributed by atoms with Crippen molar-refractivity contribution in [2.24, 2.45) is 0 Å². The van der Waals surface area contributed by atoms with Crippen molar-refractivity contribution in [2.75, 3.05) is 30.5 Å². The molecule has 9 heteroatoms. The van der Waals surface area contributed by atoms with Crippen LogP contribution in [0.4, 0.5) is 20.6 Å². The highest BCUT2D eigenvalue weighted by atomic mass is 35.5. The van der Waals surface area contributed by atoms with E-state index in [0.717, 1.165) is 5.39 Å². The summed E-state index contributed by atoms with van der Waals surface area (Å²) in [6.45, 7) is 2.24. The number of amides is 1. The number of hydrogen-bond acceptors (Lipinski definition) is 5. The fourth-order valence-corrected chi connectivity index (χ4v) is 3.71. The zero-order chi connectivity index (χ0) is 21.4. The molecule has 1 fully saturated rings. The van der Waals surface area contributed by atoms with E-state index in [0.29, 0.717) is 21.9 Å². The van der Waals surface area contributed by atoms with Gasteiger partial charge in [0.2, 0.25) is 0 Å². The number of benzene rings is 2. The van der Waals surface area contributed by atoms with Crippen LogP contribution in [0.3, 0.4) is 0 Å². The molecule has 30 heavy (non-hydrogen) atoms. The van der Waals surface area contributed by atoms with Crippen LogP contribution in [0, 0.1) is 5.82 Å². The number of nitrogens with zero attached hydrogens (tertiary/aromatic N) is 1. The number of hydrogen-bond donors (Lipinski definition) is 2. The lowest BCUT2D eigenvalue weighted by atomic mass is 10.1. The summed E-state index contributed by atoms with van der Waals surface area (Å²) in [6.07, 6.45) is -0.586.